The molecule has 0 spiro atoms. The first-order valence-electron chi connectivity index (χ1n) is 12.1. The summed E-state index contributed by atoms with van der Waals surface area (Å²) >= 11 is 0. The summed E-state index contributed by atoms with van der Waals surface area (Å²) in [7, 11) is 2.16. The second-order valence-electron chi connectivity index (χ2n) is 9.78. The van der Waals surface area contributed by atoms with Gasteiger partial charge in [0.1, 0.15) is 11.9 Å². The number of rotatable bonds is 7. The van der Waals surface area contributed by atoms with Gasteiger partial charge < -0.3 is 10.5 Å². The zero-order chi connectivity index (χ0) is 23.0. The van der Waals surface area contributed by atoms with E-state index in [1.165, 1.54) is 11.1 Å². The van der Waals surface area contributed by atoms with Crippen LogP contribution in [-0.2, 0) is 10.3 Å². The first-order chi connectivity index (χ1) is 16.0. The average molecular weight is 448 g/mol. The molecule has 2 aliphatic rings. The van der Waals surface area contributed by atoms with Gasteiger partial charge in [-0.05, 0) is 88.2 Å². The maximum absolute atomic E-state index is 11.1. The van der Waals surface area contributed by atoms with Gasteiger partial charge in [0.2, 0.25) is 5.91 Å². The van der Waals surface area contributed by atoms with E-state index in [2.05, 4.69) is 57.7 Å². The lowest BCUT2D eigenvalue weighted by atomic mass is 9.79. The van der Waals surface area contributed by atoms with Gasteiger partial charge in [-0.15, -0.1) is 10.2 Å². The molecule has 3 atom stereocenters. The molecule has 3 heterocycles. The summed E-state index contributed by atoms with van der Waals surface area (Å²) in [5.41, 5.74) is 8.65. The van der Waals surface area contributed by atoms with Crippen LogP contribution in [-0.4, -0.2) is 39.0 Å². The van der Waals surface area contributed by atoms with Crippen LogP contribution in [0, 0.1) is 0 Å². The van der Waals surface area contributed by atoms with Crippen molar-refractivity contribution in [2.24, 2.45) is 5.73 Å². The number of nitrogens with two attached hydrogens (primary N) is 1. The molecule has 0 radical (unpaired) electrons. The summed E-state index contributed by atoms with van der Waals surface area (Å²) < 4.78 is 8.66. The molecule has 1 aliphatic heterocycles. The molecule has 1 amide bonds. The fraction of sp³-hybridized carbons (Fsp3) is 0.500. The summed E-state index contributed by atoms with van der Waals surface area (Å²) in [6, 6.07) is 12.5. The molecule has 2 aromatic heterocycles. The number of aromatic nitrogens is 3. The third kappa shape index (κ3) is 4.10. The number of nitrogens with zero attached hydrogens (tertiary/aromatic N) is 4. The monoisotopic (exact) mass is 447 g/mol. The third-order valence-electron chi connectivity index (χ3n) is 7.67. The van der Waals surface area contributed by atoms with Crippen molar-refractivity contribution in [1.82, 2.24) is 19.5 Å². The zero-order valence-corrected chi connectivity index (χ0v) is 19.5. The van der Waals surface area contributed by atoms with Crippen molar-refractivity contribution in [3.8, 4) is 5.75 Å². The van der Waals surface area contributed by atoms with Gasteiger partial charge in [0.05, 0.1) is 11.7 Å². The molecule has 0 saturated carbocycles. The normalized spacial score (nSPS) is 25.3. The van der Waals surface area contributed by atoms with E-state index in [9.17, 15) is 4.79 Å². The van der Waals surface area contributed by atoms with E-state index in [1.54, 1.807) is 0 Å². The van der Waals surface area contributed by atoms with Gasteiger partial charge >= 0.3 is 0 Å². The number of primary amides is 1. The van der Waals surface area contributed by atoms with E-state index in [4.69, 9.17) is 10.5 Å². The Morgan fingerprint density at radius 1 is 1.18 bits per heavy atom. The Balaban J connectivity index is 1.39. The molecule has 0 bridgehead atoms. The van der Waals surface area contributed by atoms with Crippen LogP contribution >= 0.6 is 0 Å². The highest BCUT2D eigenvalue weighted by molar-refractivity contribution is 5.73. The first-order valence-corrected chi connectivity index (χ1v) is 12.1. The van der Waals surface area contributed by atoms with Crippen molar-refractivity contribution in [1.29, 1.82) is 0 Å². The smallest absolute Gasteiger partial charge is 0.217 e. The minimum absolute atomic E-state index is 0.00992. The quantitative estimate of drug-likeness (QED) is 0.583. The molecule has 1 aromatic carbocycles. The summed E-state index contributed by atoms with van der Waals surface area (Å²) in [4.78, 5) is 13.5. The van der Waals surface area contributed by atoms with Crippen molar-refractivity contribution < 1.29 is 9.53 Å². The molecule has 1 saturated heterocycles. The van der Waals surface area contributed by atoms with E-state index in [0.29, 0.717) is 12.3 Å². The van der Waals surface area contributed by atoms with Crippen LogP contribution in [0.15, 0.2) is 42.6 Å². The Morgan fingerprint density at radius 2 is 2.00 bits per heavy atom. The Bertz CT molecular complexity index is 1160. The minimum atomic E-state index is -0.221. The van der Waals surface area contributed by atoms with Crippen LogP contribution in [0.1, 0.15) is 80.8 Å². The molecular formula is C26H33N5O2. The number of ether oxygens (including phenoxy) is 1. The summed E-state index contributed by atoms with van der Waals surface area (Å²) in [5.74, 6) is 2.04. The van der Waals surface area contributed by atoms with Crippen molar-refractivity contribution in [2.75, 3.05) is 13.6 Å². The van der Waals surface area contributed by atoms with Crippen molar-refractivity contribution in [2.45, 2.75) is 69.4 Å². The van der Waals surface area contributed by atoms with Crippen LogP contribution in [0.4, 0.5) is 0 Å². The number of benzene rings is 1. The SMILES string of the molecule is CN1CCC[C@@]1(C)c1nnc2ccc(O[C@@H]3CC[C@H](CCCC(N)=O)c4ccccc43)cn12. The van der Waals surface area contributed by atoms with Gasteiger partial charge in [0.15, 0.2) is 11.5 Å². The molecule has 2 N–H and O–H groups in total. The number of hydrogen-bond donors (Lipinski definition) is 1. The fourth-order valence-corrected chi connectivity index (χ4v) is 5.64. The number of hydrogen-bond acceptors (Lipinski definition) is 5. The largest absolute Gasteiger partial charge is 0.484 e. The number of carbonyl (C=O) groups excluding carboxylic acids is 1. The Hall–Kier alpha value is -2.93. The predicted molar refractivity (Wildman–Crippen MR) is 127 cm³/mol. The average Bonchev–Trinajstić information content (AvgIpc) is 3.38. The molecule has 0 unspecified atom stereocenters. The van der Waals surface area contributed by atoms with Gasteiger partial charge in [-0.1, -0.05) is 24.3 Å². The standard InChI is InChI=1S/C26H33N5O2/c1-26(15-6-16-30(26)2)25-29-28-24-14-12-19(17-31(24)25)33-22-13-11-18(7-5-10-23(27)32)20-8-3-4-9-21(20)22/h3-4,8-9,12,14,17-18,22H,5-7,10-11,13,15-16H2,1-2H3,(H2,27,32)/t18-,22+,26-/m0/s1. The van der Waals surface area contributed by atoms with Crippen LogP contribution in [0.25, 0.3) is 5.65 Å². The molecule has 5 rings (SSSR count). The van der Waals surface area contributed by atoms with Gasteiger partial charge in [-0.3, -0.25) is 14.1 Å². The number of pyridine rings is 1. The molecule has 7 heteroatoms. The second-order valence-corrected chi connectivity index (χ2v) is 9.78. The zero-order valence-electron chi connectivity index (χ0n) is 19.5. The third-order valence-corrected chi connectivity index (χ3v) is 7.67. The van der Waals surface area contributed by atoms with Crippen LogP contribution < -0.4 is 10.5 Å². The Kier molecular flexibility index (Phi) is 5.83. The molecular weight excluding hydrogens is 414 g/mol. The maximum Gasteiger partial charge on any atom is 0.217 e. The first kappa shape index (κ1) is 21.9. The molecule has 7 nitrogen and oxygen atoms in total. The van der Waals surface area contributed by atoms with Crippen molar-refractivity contribution in [3.63, 3.8) is 0 Å². The number of amides is 1. The molecule has 1 aliphatic carbocycles. The van der Waals surface area contributed by atoms with E-state index < -0.39 is 0 Å². The number of carbonyl (C=O) groups is 1. The lowest BCUT2D eigenvalue weighted by molar-refractivity contribution is -0.118. The topological polar surface area (TPSA) is 85.8 Å². The molecule has 3 aromatic rings. The van der Waals surface area contributed by atoms with E-state index in [0.717, 1.165) is 62.3 Å². The van der Waals surface area contributed by atoms with Gasteiger partial charge in [0, 0.05) is 6.42 Å². The van der Waals surface area contributed by atoms with Crippen molar-refractivity contribution >= 4 is 11.6 Å². The minimum Gasteiger partial charge on any atom is -0.484 e. The van der Waals surface area contributed by atoms with E-state index >= 15 is 0 Å². The van der Waals surface area contributed by atoms with E-state index in [-0.39, 0.29) is 17.6 Å². The summed E-state index contributed by atoms with van der Waals surface area (Å²) in [6.07, 6.45) is 8.55. The number of fused-ring (bicyclic) bond motifs is 2. The Morgan fingerprint density at radius 3 is 2.76 bits per heavy atom. The summed E-state index contributed by atoms with van der Waals surface area (Å²) in [6.45, 7) is 3.32. The predicted octanol–water partition coefficient (Wildman–Crippen LogP) is 4.32. The second kappa shape index (κ2) is 8.78. The van der Waals surface area contributed by atoms with Crippen LogP contribution in [0.5, 0.6) is 5.75 Å². The van der Waals surface area contributed by atoms with Crippen molar-refractivity contribution in [3.05, 3.63) is 59.5 Å². The fourth-order valence-electron chi connectivity index (χ4n) is 5.64. The van der Waals surface area contributed by atoms with E-state index in [1.807, 2.05) is 18.3 Å². The van der Waals surface area contributed by atoms with Crippen LogP contribution in [0.2, 0.25) is 0 Å². The van der Waals surface area contributed by atoms with Gasteiger partial charge in [-0.2, -0.15) is 0 Å². The molecule has 33 heavy (non-hydrogen) atoms. The van der Waals surface area contributed by atoms with Gasteiger partial charge in [-0.25, -0.2) is 0 Å². The van der Waals surface area contributed by atoms with Crippen LogP contribution in [0.3, 0.4) is 0 Å². The lowest BCUT2D eigenvalue weighted by Crippen LogP contribution is -2.37. The molecule has 1 fully saturated rings. The highest BCUT2D eigenvalue weighted by Crippen LogP contribution is 2.42. The number of likely N-dealkylation sites (tertiary alicyclic amines) is 1. The summed E-state index contributed by atoms with van der Waals surface area (Å²) in [5, 5.41) is 8.97. The lowest BCUT2D eigenvalue weighted by Gasteiger charge is -2.32. The van der Waals surface area contributed by atoms with Gasteiger partial charge in [0.25, 0.3) is 0 Å². The highest BCUT2D eigenvalue weighted by atomic mass is 16.5. The Labute approximate surface area is 194 Å². The molecule has 174 valence electrons. The maximum atomic E-state index is 11.1. The highest BCUT2D eigenvalue weighted by Gasteiger charge is 2.39.